The minimum absolute atomic E-state index is 0.283. The zero-order valence-electron chi connectivity index (χ0n) is 10.0. The molecule has 1 heterocycles. The highest BCUT2D eigenvalue weighted by atomic mass is 16.5. The van der Waals surface area contributed by atoms with Gasteiger partial charge in [0.25, 0.3) is 0 Å². The van der Waals surface area contributed by atoms with Crippen LogP contribution in [0, 0.1) is 5.92 Å². The zero-order valence-corrected chi connectivity index (χ0v) is 10.0. The molecule has 0 aliphatic rings. The fourth-order valence-electron chi connectivity index (χ4n) is 1.54. The Morgan fingerprint density at radius 2 is 2.38 bits per heavy atom. The fourth-order valence-corrected chi connectivity index (χ4v) is 1.54. The molecule has 0 aliphatic heterocycles. The summed E-state index contributed by atoms with van der Waals surface area (Å²) in [7, 11) is 0. The Kier molecular flexibility index (Phi) is 5.61. The molecule has 1 unspecified atom stereocenters. The normalized spacial score (nSPS) is 12.4. The summed E-state index contributed by atoms with van der Waals surface area (Å²) >= 11 is 0. The van der Waals surface area contributed by atoms with Crippen LogP contribution in [0.2, 0.25) is 0 Å². The minimum atomic E-state index is -0.361. The zero-order chi connectivity index (χ0) is 11.8. The smallest absolute Gasteiger partial charge is 0.374 e. The molecular weight excluding hydrogens is 204 g/mol. The maximum absolute atomic E-state index is 11.5. The first kappa shape index (κ1) is 12.7. The molecule has 0 fully saturated rings. The van der Waals surface area contributed by atoms with Crippen LogP contribution in [0.1, 0.15) is 50.1 Å². The van der Waals surface area contributed by atoms with Crippen molar-refractivity contribution in [1.29, 1.82) is 0 Å². The molecule has 1 N–H and O–H groups in total. The second kappa shape index (κ2) is 7.04. The second-order valence-electron chi connectivity index (χ2n) is 3.95. The molecule has 0 spiro atoms. The summed E-state index contributed by atoms with van der Waals surface area (Å²) in [5, 5.41) is 0. The van der Waals surface area contributed by atoms with E-state index >= 15 is 0 Å². The molecule has 1 rings (SSSR count). The second-order valence-corrected chi connectivity index (χ2v) is 3.95. The van der Waals surface area contributed by atoms with Gasteiger partial charge in [-0.1, -0.05) is 33.1 Å². The largest absolute Gasteiger partial charge is 0.460 e. The number of rotatable bonds is 7. The third-order valence-electron chi connectivity index (χ3n) is 2.68. The molecule has 0 saturated carbocycles. The van der Waals surface area contributed by atoms with Crippen molar-refractivity contribution in [1.82, 2.24) is 9.97 Å². The molecule has 90 valence electrons. The predicted octanol–water partition coefficient (Wildman–Crippen LogP) is 2.78. The summed E-state index contributed by atoms with van der Waals surface area (Å²) in [5.41, 5.74) is 0. The number of ether oxygens (including phenoxy) is 1. The first-order valence-corrected chi connectivity index (χ1v) is 5.94. The van der Waals surface area contributed by atoms with Crippen LogP contribution < -0.4 is 0 Å². The van der Waals surface area contributed by atoms with E-state index in [9.17, 15) is 4.79 Å². The molecule has 1 aromatic rings. The lowest BCUT2D eigenvalue weighted by Crippen LogP contribution is -2.14. The number of carbonyl (C=O) groups is 1. The van der Waals surface area contributed by atoms with E-state index in [-0.39, 0.29) is 11.8 Å². The van der Waals surface area contributed by atoms with Gasteiger partial charge >= 0.3 is 5.97 Å². The fraction of sp³-hybridized carbons (Fsp3) is 0.667. The number of imidazole rings is 1. The average molecular weight is 224 g/mol. The Morgan fingerprint density at radius 1 is 1.56 bits per heavy atom. The highest BCUT2D eigenvalue weighted by molar-refractivity contribution is 5.85. The van der Waals surface area contributed by atoms with E-state index in [1.54, 1.807) is 12.4 Å². The van der Waals surface area contributed by atoms with E-state index in [1.807, 2.05) is 0 Å². The van der Waals surface area contributed by atoms with Crippen LogP contribution >= 0.6 is 0 Å². The maximum atomic E-state index is 11.5. The van der Waals surface area contributed by atoms with Gasteiger partial charge in [-0.25, -0.2) is 9.78 Å². The van der Waals surface area contributed by atoms with Crippen LogP contribution in [0.5, 0.6) is 0 Å². The summed E-state index contributed by atoms with van der Waals surface area (Å²) in [6.07, 6.45) is 7.71. The molecule has 0 saturated heterocycles. The Labute approximate surface area is 96.4 Å². The van der Waals surface area contributed by atoms with E-state index in [1.165, 1.54) is 12.8 Å². The number of esters is 1. The molecule has 0 amide bonds. The Morgan fingerprint density at radius 3 is 2.94 bits per heavy atom. The van der Waals surface area contributed by atoms with Gasteiger partial charge < -0.3 is 9.72 Å². The monoisotopic (exact) mass is 224 g/mol. The van der Waals surface area contributed by atoms with Gasteiger partial charge in [-0.2, -0.15) is 0 Å². The van der Waals surface area contributed by atoms with Gasteiger partial charge in [0, 0.05) is 12.4 Å². The highest BCUT2D eigenvalue weighted by Gasteiger charge is 2.12. The number of aromatic nitrogens is 2. The van der Waals surface area contributed by atoms with Gasteiger partial charge in [0.05, 0.1) is 6.61 Å². The molecule has 0 aromatic carbocycles. The molecule has 0 radical (unpaired) electrons. The average Bonchev–Trinajstić information content (AvgIpc) is 2.82. The van der Waals surface area contributed by atoms with Crippen molar-refractivity contribution in [3.8, 4) is 0 Å². The lowest BCUT2D eigenvalue weighted by atomic mass is 10.0. The number of nitrogens with zero attached hydrogens (tertiary/aromatic N) is 1. The van der Waals surface area contributed by atoms with Crippen LogP contribution in [0.15, 0.2) is 12.4 Å². The molecule has 0 aliphatic carbocycles. The number of hydrogen-bond donors (Lipinski definition) is 1. The van der Waals surface area contributed by atoms with E-state index in [0.29, 0.717) is 12.5 Å². The van der Waals surface area contributed by atoms with Gasteiger partial charge in [0.2, 0.25) is 5.82 Å². The van der Waals surface area contributed by atoms with Crippen LogP contribution in [0.25, 0.3) is 0 Å². The summed E-state index contributed by atoms with van der Waals surface area (Å²) < 4.78 is 5.20. The Balaban J connectivity index is 2.29. The lowest BCUT2D eigenvalue weighted by Gasteiger charge is -2.13. The van der Waals surface area contributed by atoms with Crippen LogP contribution in [-0.4, -0.2) is 22.5 Å². The molecule has 0 bridgehead atoms. The number of H-pyrrole nitrogens is 1. The van der Waals surface area contributed by atoms with Crippen molar-refractivity contribution in [2.24, 2.45) is 5.92 Å². The van der Waals surface area contributed by atoms with Crippen molar-refractivity contribution < 1.29 is 9.53 Å². The maximum Gasteiger partial charge on any atom is 0.374 e. The topological polar surface area (TPSA) is 55.0 Å². The molecule has 1 aromatic heterocycles. The number of hydrogen-bond acceptors (Lipinski definition) is 3. The number of aromatic amines is 1. The van der Waals surface area contributed by atoms with Crippen molar-refractivity contribution in [3.63, 3.8) is 0 Å². The molecule has 16 heavy (non-hydrogen) atoms. The first-order valence-electron chi connectivity index (χ1n) is 5.94. The quantitative estimate of drug-likeness (QED) is 0.724. The SMILES string of the molecule is CCCCC(CC)COC(=O)c1ncc[nH]1. The van der Waals surface area contributed by atoms with Crippen molar-refractivity contribution in [3.05, 3.63) is 18.2 Å². The number of nitrogens with one attached hydrogen (secondary N) is 1. The molecule has 4 heteroatoms. The number of unbranched alkanes of at least 4 members (excludes halogenated alkanes) is 1. The minimum Gasteiger partial charge on any atom is -0.460 e. The summed E-state index contributed by atoms with van der Waals surface area (Å²) in [6, 6.07) is 0. The van der Waals surface area contributed by atoms with Gasteiger partial charge in [-0.15, -0.1) is 0 Å². The van der Waals surface area contributed by atoms with Gasteiger partial charge in [0.1, 0.15) is 0 Å². The summed E-state index contributed by atoms with van der Waals surface area (Å²) in [4.78, 5) is 18.1. The Hall–Kier alpha value is -1.32. The molecule has 4 nitrogen and oxygen atoms in total. The van der Waals surface area contributed by atoms with E-state index in [2.05, 4.69) is 23.8 Å². The van der Waals surface area contributed by atoms with Crippen LogP contribution in [0.3, 0.4) is 0 Å². The predicted molar refractivity (Wildman–Crippen MR) is 62.2 cm³/mol. The molecular formula is C12H20N2O2. The van der Waals surface area contributed by atoms with Crippen molar-refractivity contribution in [2.45, 2.75) is 39.5 Å². The number of carbonyl (C=O) groups excluding carboxylic acids is 1. The summed E-state index contributed by atoms with van der Waals surface area (Å²) in [5.74, 6) is 0.393. The Bertz CT molecular complexity index is 296. The lowest BCUT2D eigenvalue weighted by molar-refractivity contribution is 0.0415. The van der Waals surface area contributed by atoms with E-state index in [0.717, 1.165) is 12.8 Å². The van der Waals surface area contributed by atoms with E-state index in [4.69, 9.17) is 4.74 Å². The van der Waals surface area contributed by atoms with E-state index < -0.39 is 0 Å². The highest BCUT2D eigenvalue weighted by Crippen LogP contribution is 2.13. The first-order chi connectivity index (χ1) is 7.77. The van der Waals surface area contributed by atoms with Crippen LogP contribution in [-0.2, 0) is 4.74 Å². The van der Waals surface area contributed by atoms with Crippen LogP contribution in [0.4, 0.5) is 0 Å². The van der Waals surface area contributed by atoms with Gasteiger partial charge in [0.15, 0.2) is 0 Å². The van der Waals surface area contributed by atoms with Crippen molar-refractivity contribution in [2.75, 3.05) is 6.61 Å². The van der Waals surface area contributed by atoms with Crippen molar-refractivity contribution >= 4 is 5.97 Å². The standard InChI is InChI=1S/C12H20N2O2/c1-3-5-6-10(4-2)9-16-12(15)11-13-7-8-14-11/h7-8,10H,3-6,9H2,1-2H3,(H,13,14). The molecule has 1 atom stereocenters. The third kappa shape index (κ3) is 4.04. The van der Waals surface area contributed by atoms with Gasteiger partial charge in [-0.3, -0.25) is 0 Å². The third-order valence-corrected chi connectivity index (χ3v) is 2.68. The van der Waals surface area contributed by atoms with Gasteiger partial charge in [-0.05, 0) is 12.3 Å². The summed E-state index contributed by atoms with van der Waals surface area (Å²) in [6.45, 7) is 4.79.